The minimum Gasteiger partial charge on any atom is -0.289 e. The van der Waals surface area contributed by atoms with Crippen molar-refractivity contribution in [1.29, 1.82) is 0 Å². The molecule has 0 heterocycles. The summed E-state index contributed by atoms with van der Waals surface area (Å²) >= 11 is 0. The maximum Gasteiger partial charge on any atom is 0.193 e. The molecule has 0 aliphatic rings. The fourth-order valence-corrected chi connectivity index (χ4v) is 1.50. The number of ketones is 1. The van der Waals surface area contributed by atoms with Gasteiger partial charge in [0.2, 0.25) is 0 Å². The third kappa shape index (κ3) is 2.38. The zero-order valence-corrected chi connectivity index (χ0v) is 9.21. The van der Waals surface area contributed by atoms with E-state index in [2.05, 4.69) is 0 Å². The molecule has 3 heteroatoms. The third-order valence-electron chi connectivity index (χ3n) is 2.54. The van der Waals surface area contributed by atoms with Gasteiger partial charge in [-0.1, -0.05) is 12.1 Å². The molecule has 0 amide bonds. The van der Waals surface area contributed by atoms with Crippen LogP contribution in [0.25, 0.3) is 0 Å². The van der Waals surface area contributed by atoms with E-state index >= 15 is 0 Å². The molecule has 17 heavy (non-hydrogen) atoms. The SMILES string of the molecule is Cc1ccc(C(=O)c2ccc(F)cc2)cc1F. The van der Waals surface area contributed by atoms with Gasteiger partial charge < -0.3 is 0 Å². The van der Waals surface area contributed by atoms with Gasteiger partial charge in [0.25, 0.3) is 0 Å². The topological polar surface area (TPSA) is 17.1 Å². The molecule has 0 N–H and O–H groups in total. The average molecular weight is 232 g/mol. The minimum atomic E-state index is -0.419. The van der Waals surface area contributed by atoms with Crippen molar-refractivity contribution in [2.45, 2.75) is 6.92 Å². The van der Waals surface area contributed by atoms with Crippen LogP contribution in [-0.4, -0.2) is 5.78 Å². The van der Waals surface area contributed by atoms with E-state index in [1.54, 1.807) is 19.1 Å². The van der Waals surface area contributed by atoms with Gasteiger partial charge in [-0.05, 0) is 42.8 Å². The predicted molar refractivity (Wildman–Crippen MR) is 61.0 cm³/mol. The molecule has 0 aliphatic carbocycles. The molecule has 0 saturated carbocycles. The second-order valence-electron chi connectivity index (χ2n) is 3.80. The van der Waals surface area contributed by atoms with E-state index in [-0.39, 0.29) is 11.3 Å². The number of aryl methyl sites for hydroxylation is 1. The maximum atomic E-state index is 13.3. The number of hydrogen-bond donors (Lipinski definition) is 0. The summed E-state index contributed by atoms with van der Waals surface area (Å²) in [7, 11) is 0. The second-order valence-corrected chi connectivity index (χ2v) is 3.80. The van der Waals surface area contributed by atoms with Crippen LogP contribution in [0.4, 0.5) is 8.78 Å². The molecule has 1 nitrogen and oxygen atoms in total. The summed E-state index contributed by atoms with van der Waals surface area (Å²) in [6, 6.07) is 9.48. The summed E-state index contributed by atoms with van der Waals surface area (Å²) < 4.78 is 26.0. The van der Waals surface area contributed by atoms with Gasteiger partial charge >= 0.3 is 0 Å². The molecule has 0 unspecified atom stereocenters. The third-order valence-corrected chi connectivity index (χ3v) is 2.54. The van der Waals surface area contributed by atoms with E-state index in [0.717, 1.165) is 0 Å². The largest absolute Gasteiger partial charge is 0.289 e. The smallest absolute Gasteiger partial charge is 0.193 e. The van der Waals surface area contributed by atoms with Crippen LogP contribution in [0.5, 0.6) is 0 Å². The monoisotopic (exact) mass is 232 g/mol. The van der Waals surface area contributed by atoms with Crippen LogP contribution in [0.1, 0.15) is 21.5 Å². The van der Waals surface area contributed by atoms with Gasteiger partial charge in [-0.25, -0.2) is 8.78 Å². The summed E-state index contributed by atoms with van der Waals surface area (Å²) in [5.74, 6) is -1.14. The number of benzene rings is 2. The first-order chi connectivity index (χ1) is 8.08. The second kappa shape index (κ2) is 4.45. The lowest BCUT2D eigenvalue weighted by atomic mass is 10.0. The molecule has 2 aromatic carbocycles. The van der Waals surface area contributed by atoms with Gasteiger partial charge in [0.05, 0.1) is 0 Å². The summed E-state index contributed by atoms with van der Waals surface area (Å²) in [5, 5.41) is 0. The molecule has 0 spiro atoms. The molecule has 86 valence electrons. The number of halogens is 2. The first-order valence-electron chi connectivity index (χ1n) is 5.14. The van der Waals surface area contributed by atoms with Gasteiger partial charge in [0.15, 0.2) is 5.78 Å². The van der Waals surface area contributed by atoms with E-state index in [1.807, 2.05) is 0 Å². The Labute approximate surface area is 97.7 Å². The Kier molecular flexibility index (Phi) is 3.00. The normalized spacial score (nSPS) is 10.3. The Morgan fingerprint density at radius 2 is 1.53 bits per heavy atom. The lowest BCUT2D eigenvalue weighted by molar-refractivity contribution is 0.103. The highest BCUT2D eigenvalue weighted by Gasteiger charge is 2.10. The molecule has 2 rings (SSSR count). The van der Waals surface area contributed by atoms with Gasteiger partial charge in [-0.15, -0.1) is 0 Å². The zero-order chi connectivity index (χ0) is 12.4. The first-order valence-corrected chi connectivity index (χ1v) is 5.14. The van der Waals surface area contributed by atoms with E-state index in [0.29, 0.717) is 11.1 Å². The fraction of sp³-hybridized carbons (Fsp3) is 0.0714. The first kappa shape index (κ1) is 11.5. The van der Waals surface area contributed by atoms with E-state index < -0.39 is 11.6 Å². The number of carbonyl (C=O) groups is 1. The Morgan fingerprint density at radius 1 is 0.941 bits per heavy atom. The molecule has 0 radical (unpaired) electrons. The van der Waals surface area contributed by atoms with Crippen LogP contribution in [0, 0.1) is 18.6 Å². The van der Waals surface area contributed by atoms with Crippen molar-refractivity contribution in [3.63, 3.8) is 0 Å². The van der Waals surface area contributed by atoms with Crippen molar-refractivity contribution in [3.05, 3.63) is 70.8 Å². The molecule has 0 atom stereocenters. The zero-order valence-electron chi connectivity index (χ0n) is 9.21. The number of carbonyl (C=O) groups excluding carboxylic acids is 1. The van der Waals surface area contributed by atoms with Crippen LogP contribution in [-0.2, 0) is 0 Å². The standard InChI is InChI=1S/C14H10F2O/c1-9-2-3-11(8-13(9)16)14(17)10-4-6-12(15)7-5-10/h2-8H,1H3. The van der Waals surface area contributed by atoms with E-state index in [9.17, 15) is 13.6 Å². The molecule has 0 saturated heterocycles. The Hall–Kier alpha value is -2.03. The molecule has 0 aliphatic heterocycles. The lowest BCUT2D eigenvalue weighted by Gasteiger charge is -2.03. The quantitative estimate of drug-likeness (QED) is 0.724. The maximum absolute atomic E-state index is 13.3. The van der Waals surface area contributed by atoms with E-state index in [4.69, 9.17) is 0 Å². The van der Waals surface area contributed by atoms with Crippen LogP contribution in [0.2, 0.25) is 0 Å². The summed E-state index contributed by atoms with van der Waals surface area (Å²) in [6.45, 7) is 1.63. The molecule has 0 aromatic heterocycles. The van der Waals surface area contributed by atoms with E-state index in [1.165, 1.54) is 30.3 Å². The van der Waals surface area contributed by atoms with Crippen molar-refractivity contribution < 1.29 is 13.6 Å². The molecule has 0 fully saturated rings. The Morgan fingerprint density at radius 3 is 2.12 bits per heavy atom. The van der Waals surface area contributed by atoms with Crippen molar-refractivity contribution in [3.8, 4) is 0 Å². The van der Waals surface area contributed by atoms with Crippen LogP contribution in [0.15, 0.2) is 42.5 Å². The summed E-state index contributed by atoms with van der Waals surface area (Å²) in [4.78, 5) is 11.9. The number of hydrogen-bond acceptors (Lipinski definition) is 1. The van der Waals surface area contributed by atoms with Crippen LogP contribution >= 0.6 is 0 Å². The molecular formula is C14H10F2O. The minimum absolute atomic E-state index is 0.264. The van der Waals surface area contributed by atoms with Crippen molar-refractivity contribution in [2.24, 2.45) is 0 Å². The predicted octanol–water partition coefficient (Wildman–Crippen LogP) is 3.50. The average Bonchev–Trinajstić information content (AvgIpc) is 2.33. The highest BCUT2D eigenvalue weighted by Crippen LogP contribution is 2.14. The van der Waals surface area contributed by atoms with Gasteiger partial charge in [0, 0.05) is 11.1 Å². The number of rotatable bonds is 2. The fourth-order valence-electron chi connectivity index (χ4n) is 1.50. The molecular weight excluding hydrogens is 222 g/mol. The summed E-state index contributed by atoms with van der Waals surface area (Å²) in [6.07, 6.45) is 0. The summed E-state index contributed by atoms with van der Waals surface area (Å²) in [5.41, 5.74) is 1.09. The van der Waals surface area contributed by atoms with Crippen molar-refractivity contribution >= 4 is 5.78 Å². The van der Waals surface area contributed by atoms with Crippen molar-refractivity contribution in [1.82, 2.24) is 0 Å². The van der Waals surface area contributed by atoms with Gasteiger partial charge in [-0.2, -0.15) is 0 Å². The van der Waals surface area contributed by atoms with Gasteiger partial charge in [0.1, 0.15) is 11.6 Å². The van der Waals surface area contributed by atoms with Crippen molar-refractivity contribution in [2.75, 3.05) is 0 Å². The molecule has 2 aromatic rings. The van der Waals surface area contributed by atoms with Crippen LogP contribution in [0.3, 0.4) is 0 Å². The Bertz CT molecular complexity index is 559. The molecule has 0 bridgehead atoms. The van der Waals surface area contributed by atoms with Gasteiger partial charge in [-0.3, -0.25) is 4.79 Å². The highest BCUT2D eigenvalue weighted by molar-refractivity contribution is 6.08. The lowest BCUT2D eigenvalue weighted by Crippen LogP contribution is -2.02. The van der Waals surface area contributed by atoms with Crippen LogP contribution < -0.4 is 0 Å². The highest BCUT2D eigenvalue weighted by atomic mass is 19.1. The Balaban J connectivity index is 2.37.